The van der Waals surface area contributed by atoms with Crippen LogP contribution in [0.1, 0.15) is 18.1 Å². The monoisotopic (exact) mass is 277 g/mol. The fourth-order valence-corrected chi connectivity index (χ4v) is 1.88. The number of nitrogens with one attached hydrogen (secondary N) is 1. The van der Waals surface area contributed by atoms with Crippen molar-refractivity contribution < 1.29 is 13.5 Å². The van der Waals surface area contributed by atoms with Crippen LogP contribution in [-0.4, -0.2) is 6.54 Å². The van der Waals surface area contributed by atoms with Crippen LogP contribution in [0.2, 0.25) is 0 Å². The van der Waals surface area contributed by atoms with Crippen LogP contribution in [0, 0.1) is 18.6 Å². The zero-order chi connectivity index (χ0) is 14.5. The molecule has 2 rings (SSSR count). The molecule has 2 nitrogen and oxygen atoms in total. The van der Waals surface area contributed by atoms with Crippen molar-refractivity contribution in [2.45, 2.75) is 20.4 Å². The zero-order valence-electron chi connectivity index (χ0n) is 11.5. The molecular formula is C16H17F2NO. The predicted molar refractivity (Wildman–Crippen MR) is 75.0 cm³/mol. The molecule has 0 aliphatic carbocycles. The summed E-state index contributed by atoms with van der Waals surface area (Å²) in [5.41, 5.74) is 2.00. The average Bonchev–Trinajstić information content (AvgIpc) is 2.43. The van der Waals surface area contributed by atoms with Gasteiger partial charge in [-0.25, -0.2) is 8.78 Å². The maximum Gasteiger partial charge on any atom is 0.165 e. The summed E-state index contributed by atoms with van der Waals surface area (Å²) in [6.45, 7) is 5.58. The summed E-state index contributed by atoms with van der Waals surface area (Å²) >= 11 is 0. The summed E-state index contributed by atoms with van der Waals surface area (Å²) in [5.74, 6) is -0.687. The van der Waals surface area contributed by atoms with E-state index in [2.05, 4.69) is 5.32 Å². The third-order valence-electron chi connectivity index (χ3n) is 2.93. The summed E-state index contributed by atoms with van der Waals surface area (Å²) in [7, 11) is 0. The third kappa shape index (κ3) is 3.54. The van der Waals surface area contributed by atoms with E-state index >= 15 is 0 Å². The summed E-state index contributed by atoms with van der Waals surface area (Å²) in [4.78, 5) is 0. The summed E-state index contributed by atoms with van der Waals surface area (Å²) in [6.07, 6.45) is 0. The molecule has 0 spiro atoms. The Morgan fingerprint density at radius 1 is 1.05 bits per heavy atom. The first-order valence-electron chi connectivity index (χ1n) is 6.53. The highest BCUT2D eigenvalue weighted by Gasteiger charge is 2.08. The van der Waals surface area contributed by atoms with E-state index in [4.69, 9.17) is 4.74 Å². The Morgan fingerprint density at radius 2 is 1.85 bits per heavy atom. The Balaban J connectivity index is 2.19. The van der Waals surface area contributed by atoms with Crippen LogP contribution in [0.25, 0.3) is 0 Å². The van der Waals surface area contributed by atoms with Gasteiger partial charge in [0.25, 0.3) is 0 Å². The number of ether oxygens (including phenoxy) is 1. The van der Waals surface area contributed by atoms with Crippen LogP contribution >= 0.6 is 0 Å². The highest BCUT2D eigenvalue weighted by molar-refractivity contribution is 5.40. The lowest BCUT2D eigenvalue weighted by Gasteiger charge is -2.11. The molecule has 0 aromatic heterocycles. The van der Waals surface area contributed by atoms with Crippen molar-refractivity contribution in [1.29, 1.82) is 0 Å². The third-order valence-corrected chi connectivity index (χ3v) is 2.93. The van der Waals surface area contributed by atoms with E-state index in [-0.39, 0.29) is 5.75 Å². The number of hydrogen-bond acceptors (Lipinski definition) is 2. The van der Waals surface area contributed by atoms with E-state index in [0.29, 0.717) is 5.75 Å². The van der Waals surface area contributed by atoms with E-state index in [1.807, 2.05) is 26.0 Å². The number of halogens is 2. The minimum absolute atomic E-state index is 0.104. The molecule has 0 fully saturated rings. The molecule has 0 aliphatic rings. The zero-order valence-corrected chi connectivity index (χ0v) is 11.5. The Morgan fingerprint density at radius 3 is 2.55 bits per heavy atom. The fourth-order valence-electron chi connectivity index (χ4n) is 1.88. The van der Waals surface area contributed by atoms with Gasteiger partial charge < -0.3 is 10.1 Å². The molecule has 20 heavy (non-hydrogen) atoms. The second-order valence-electron chi connectivity index (χ2n) is 4.56. The fraction of sp³-hybridized carbons (Fsp3) is 0.250. The maximum absolute atomic E-state index is 13.5. The van der Waals surface area contributed by atoms with Crippen LogP contribution in [0.15, 0.2) is 36.4 Å². The van der Waals surface area contributed by atoms with Crippen LogP contribution in [0.5, 0.6) is 11.5 Å². The molecule has 106 valence electrons. The summed E-state index contributed by atoms with van der Waals surface area (Å²) < 4.78 is 32.1. The summed E-state index contributed by atoms with van der Waals surface area (Å²) in [5, 5.41) is 3.23. The lowest BCUT2D eigenvalue weighted by molar-refractivity contribution is 0.434. The molecule has 1 N–H and O–H groups in total. The second-order valence-corrected chi connectivity index (χ2v) is 4.56. The Bertz CT molecular complexity index is 599. The molecule has 0 amide bonds. The van der Waals surface area contributed by atoms with E-state index < -0.39 is 11.6 Å². The Kier molecular flexibility index (Phi) is 4.69. The van der Waals surface area contributed by atoms with Crippen molar-refractivity contribution in [1.82, 2.24) is 5.32 Å². The molecule has 0 saturated heterocycles. The molecule has 0 radical (unpaired) electrons. The van der Waals surface area contributed by atoms with Crippen molar-refractivity contribution in [3.63, 3.8) is 0 Å². The lowest BCUT2D eigenvalue weighted by Crippen LogP contribution is -2.11. The van der Waals surface area contributed by atoms with Crippen molar-refractivity contribution in [3.8, 4) is 11.5 Å². The van der Waals surface area contributed by atoms with Gasteiger partial charge in [0.2, 0.25) is 0 Å². The van der Waals surface area contributed by atoms with Crippen LogP contribution < -0.4 is 10.1 Å². The Hall–Kier alpha value is -1.94. The molecule has 0 atom stereocenters. The van der Waals surface area contributed by atoms with Gasteiger partial charge >= 0.3 is 0 Å². The predicted octanol–water partition coefficient (Wildman–Crippen LogP) is 4.18. The molecule has 2 aromatic rings. The van der Waals surface area contributed by atoms with E-state index in [1.165, 1.54) is 0 Å². The van der Waals surface area contributed by atoms with Gasteiger partial charge in [0.1, 0.15) is 11.6 Å². The number of aryl methyl sites for hydroxylation is 1. The van der Waals surface area contributed by atoms with Gasteiger partial charge in [-0.3, -0.25) is 0 Å². The van der Waals surface area contributed by atoms with E-state index in [1.54, 1.807) is 6.07 Å². The van der Waals surface area contributed by atoms with Crippen molar-refractivity contribution in [2.75, 3.05) is 6.54 Å². The molecule has 0 unspecified atom stereocenters. The second kappa shape index (κ2) is 6.48. The van der Waals surface area contributed by atoms with Crippen molar-refractivity contribution >= 4 is 0 Å². The highest BCUT2D eigenvalue weighted by Crippen LogP contribution is 2.28. The highest BCUT2D eigenvalue weighted by atomic mass is 19.1. The largest absolute Gasteiger partial charge is 0.454 e. The topological polar surface area (TPSA) is 21.3 Å². The standard InChI is InChI=1S/C16H17F2NO/c1-3-19-10-12-4-7-15(11(2)8-12)20-16-9-13(17)5-6-14(16)18/h4-9,19H,3,10H2,1-2H3. The SMILES string of the molecule is CCNCc1ccc(Oc2cc(F)ccc2F)c(C)c1. The molecular weight excluding hydrogens is 260 g/mol. The Labute approximate surface area is 117 Å². The van der Waals surface area contributed by atoms with Gasteiger partial charge in [-0.05, 0) is 42.8 Å². The first kappa shape index (κ1) is 14.5. The minimum atomic E-state index is -0.581. The van der Waals surface area contributed by atoms with Crippen LogP contribution in [-0.2, 0) is 6.54 Å². The molecule has 0 bridgehead atoms. The number of rotatable bonds is 5. The maximum atomic E-state index is 13.5. The van der Waals surface area contributed by atoms with E-state index in [0.717, 1.165) is 42.4 Å². The average molecular weight is 277 g/mol. The molecule has 4 heteroatoms. The number of benzene rings is 2. The van der Waals surface area contributed by atoms with Gasteiger partial charge in [-0.15, -0.1) is 0 Å². The molecule has 0 aliphatic heterocycles. The molecule has 0 heterocycles. The molecule has 0 saturated carbocycles. The van der Waals surface area contributed by atoms with Gasteiger partial charge in [0.15, 0.2) is 11.6 Å². The normalized spacial score (nSPS) is 10.6. The number of hydrogen-bond donors (Lipinski definition) is 1. The first-order chi connectivity index (χ1) is 9.60. The van der Waals surface area contributed by atoms with Crippen LogP contribution in [0.3, 0.4) is 0 Å². The van der Waals surface area contributed by atoms with Gasteiger partial charge in [-0.1, -0.05) is 19.1 Å². The van der Waals surface area contributed by atoms with Gasteiger partial charge in [-0.2, -0.15) is 0 Å². The van der Waals surface area contributed by atoms with Crippen LogP contribution in [0.4, 0.5) is 8.78 Å². The molecule has 2 aromatic carbocycles. The smallest absolute Gasteiger partial charge is 0.165 e. The van der Waals surface area contributed by atoms with Crippen molar-refractivity contribution in [2.24, 2.45) is 0 Å². The van der Waals surface area contributed by atoms with Crippen molar-refractivity contribution in [3.05, 3.63) is 59.2 Å². The first-order valence-corrected chi connectivity index (χ1v) is 6.53. The van der Waals surface area contributed by atoms with E-state index in [9.17, 15) is 8.78 Å². The minimum Gasteiger partial charge on any atom is -0.454 e. The lowest BCUT2D eigenvalue weighted by atomic mass is 10.1. The summed E-state index contributed by atoms with van der Waals surface area (Å²) in [6, 6.07) is 8.80. The quantitative estimate of drug-likeness (QED) is 0.885. The van der Waals surface area contributed by atoms with Gasteiger partial charge in [0, 0.05) is 12.6 Å². The van der Waals surface area contributed by atoms with Gasteiger partial charge in [0.05, 0.1) is 0 Å².